The van der Waals surface area contributed by atoms with Crippen LogP contribution in [0.25, 0.3) is 0 Å². The van der Waals surface area contributed by atoms with Gasteiger partial charge < -0.3 is 9.84 Å². The lowest BCUT2D eigenvalue weighted by atomic mass is 9.83. The van der Waals surface area contributed by atoms with Crippen LogP contribution in [0.5, 0.6) is 0 Å². The van der Waals surface area contributed by atoms with E-state index in [4.69, 9.17) is 4.74 Å². The van der Waals surface area contributed by atoms with Gasteiger partial charge >= 0.3 is 5.97 Å². The number of carboxylic acids is 1. The molecule has 1 aromatic rings. The van der Waals surface area contributed by atoms with Crippen LogP contribution in [-0.2, 0) is 15.1 Å². The molecule has 0 amide bonds. The third-order valence-electron chi connectivity index (χ3n) is 3.40. The molecular formula is C13H16O3. The Morgan fingerprint density at radius 1 is 1.44 bits per heavy atom. The van der Waals surface area contributed by atoms with E-state index >= 15 is 0 Å². The fraction of sp³-hybridized carbons (Fsp3) is 0.462. The van der Waals surface area contributed by atoms with Crippen LogP contribution in [0.2, 0.25) is 0 Å². The van der Waals surface area contributed by atoms with E-state index in [1.165, 1.54) is 0 Å². The number of hydrogen-bond donors (Lipinski definition) is 1. The van der Waals surface area contributed by atoms with Gasteiger partial charge in [0.2, 0.25) is 0 Å². The molecule has 1 saturated heterocycles. The lowest BCUT2D eigenvalue weighted by molar-refractivity contribution is -0.148. The summed E-state index contributed by atoms with van der Waals surface area (Å²) in [5.74, 6) is -1.23. The van der Waals surface area contributed by atoms with Crippen molar-refractivity contribution in [2.24, 2.45) is 5.92 Å². The first kappa shape index (κ1) is 11.1. The van der Waals surface area contributed by atoms with E-state index in [-0.39, 0.29) is 0 Å². The van der Waals surface area contributed by atoms with E-state index in [9.17, 15) is 9.90 Å². The van der Waals surface area contributed by atoms with E-state index in [1.54, 1.807) is 0 Å². The van der Waals surface area contributed by atoms with Gasteiger partial charge in [0.15, 0.2) is 0 Å². The summed E-state index contributed by atoms with van der Waals surface area (Å²) >= 11 is 0. The molecule has 1 fully saturated rings. The summed E-state index contributed by atoms with van der Waals surface area (Å²) in [6.07, 6.45) is 0.583. The summed E-state index contributed by atoms with van der Waals surface area (Å²) < 4.78 is 5.66. The molecule has 3 nitrogen and oxygen atoms in total. The van der Waals surface area contributed by atoms with E-state index in [1.807, 2.05) is 38.1 Å². The van der Waals surface area contributed by atoms with Crippen molar-refractivity contribution in [1.29, 1.82) is 0 Å². The first-order valence-corrected chi connectivity index (χ1v) is 5.48. The van der Waals surface area contributed by atoms with E-state index in [0.29, 0.717) is 13.0 Å². The van der Waals surface area contributed by atoms with Gasteiger partial charge in [0.25, 0.3) is 0 Å². The number of rotatable bonds is 2. The standard InChI is InChI=1S/C13H16O3/c1-9-3-5-10(6-4-9)13(2)11(12(14)15)7-8-16-13/h3-6,11H,7-8H2,1-2H3,(H,14,15). The molecule has 1 aromatic carbocycles. The Bertz CT molecular complexity index is 396. The van der Waals surface area contributed by atoms with Crippen LogP contribution in [0.1, 0.15) is 24.5 Å². The fourth-order valence-corrected chi connectivity index (χ4v) is 2.29. The van der Waals surface area contributed by atoms with Gasteiger partial charge in [-0.3, -0.25) is 4.79 Å². The molecule has 1 aliphatic heterocycles. The molecule has 16 heavy (non-hydrogen) atoms. The molecule has 3 heteroatoms. The zero-order valence-electron chi connectivity index (χ0n) is 9.56. The average Bonchev–Trinajstić information content (AvgIpc) is 2.62. The van der Waals surface area contributed by atoms with Gasteiger partial charge in [-0.15, -0.1) is 0 Å². The first-order chi connectivity index (χ1) is 7.54. The molecular weight excluding hydrogens is 204 g/mol. The second kappa shape index (κ2) is 3.91. The van der Waals surface area contributed by atoms with Crippen molar-refractivity contribution < 1.29 is 14.6 Å². The third-order valence-corrected chi connectivity index (χ3v) is 3.40. The Labute approximate surface area is 95.0 Å². The highest BCUT2D eigenvalue weighted by atomic mass is 16.5. The Hall–Kier alpha value is -1.35. The fourth-order valence-electron chi connectivity index (χ4n) is 2.29. The minimum absolute atomic E-state index is 0.449. The van der Waals surface area contributed by atoms with Crippen LogP contribution >= 0.6 is 0 Å². The minimum Gasteiger partial charge on any atom is -0.481 e. The van der Waals surface area contributed by atoms with E-state index < -0.39 is 17.5 Å². The third kappa shape index (κ3) is 1.71. The number of ether oxygens (including phenoxy) is 1. The van der Waals surface area contributed by atoms with Crippen LogP contribution < -0.4 is 0 Å². The summed E-state index contributed by atoms with van der Waals surface area (Å²) in [5.41, 5.74) is 1.43. The second-order valence-electron chi connectivity index (χ2n) is 4.50. The highest BCUT2D eigenvalue weighted by Gasteiger charge is 2.45. The summed E-state index contributed by atoms with van der Waals surface area (Å²) in [5, 5.41) is 9.18. The van der Waals surface area contributed by atoms with Crippen molar-refractivity contribution in [3.63, 3.8) is 0 Å². The van der Waals surface area contributed by atoms with Crippen LogP contribution in [0.3, 0.4) is 0 Å². The van der Waals surface area contributed by atoms with Gasteiger partial charge in [-0.25, -0.2) is 0 Å². The molecule has 1 N–H and O–H groups in total. The number of hydrogen-bond acceptors (Lipinski definition) is 2. The van der Waals surface area contributed by atoms with Gasteiger partial charge in [0.05, 0.1) is 5.92 Å². The largest absolute Gasteiger partial charge is 0.481 e. The number of carboxylic acid groups (broad SMARTS) is 1. The van der Waals surface area contributed by atoms with E-state index in [2.05, 4.69) is 0 Å². The van der Waals surface area contributed by atoms with Crippen molar-refractivity contribution >= 4 is 5.97 Å². The molecule has 0 radical (unpaired) electrons. The molecule has 2 unspecified atom stereocenters. The molecule has 2 rings (SSSR count). The van der Waals surface area contributed by atoms with Crippen LogP contribution in [0, 0.1) is 12.8 Å². The maximum Gasteiger partial charge on any atom is 0.309 e. The van der Waals surface area contributed by atoms with Crippen LogP contribution in [0.15, 0.2) is 24.3 Å². The molecule has 2 atom stereocenters. The van der Waals surface area contributed by atoms with E-state index in [0.717, 1.165) is 11.1 Å². The summed E-state index contributed by atoms with van der Waals surface area (Å²) in [6, 6.07) is 7.88. The molecule has 0 saturated carbocycles. The topological polar surface area (TPSA) is 46.5 Å². The molecule has 1 aliphatic rings. The van der Waals surface area contributed by atoms with Crippen LogP contribution in [-0.4, -0.2) is 17.7 Å². The van der Waals surface area contributed by atoms with Gasteiger partial charge in [0.1, 0.15) is 5.60 Å². The zero-order valence-corrected chi connectivity index (χ0v) is 9.56. The molecule has 1 heterocycles. The maximum absolute atomic E-state index is 11.2. The first-order valence-electron chi connectivity index (χ1n) is 5.48. The average molecular weight is 220 g/mol. The normalized spacial score (nSPS) is 29.2. The van der Waals surface area contributed by atoms with Crippen molar-refractivity contribution in [3.8, 4) is 0 Å². The van der Waals surface area contributed by atoms with Crippen molar-refractivity contribution in [1.82, 2.24) is 0 Å². The van der Waals surface area contributed by atoms with Crippen molar-refractivity contribution in [3.05, 3.63) is 35.4 Å². The van der Waals surface area contributed by atoms with Gasteiger partial charge in [0, 0.05) is 6.61 Å². The summed E-state index contributed by atoms with van der Waals surface area (Å²) in [4.78, 5) is 11.2. The van der Waals surface area contributed by atoms with Crippen molar-refractivity contribution in [2.75, 3.05) is 6.61 Å². The summed E-state index contributed by atoms with van der Waals surface area (Å²) in [7, 11) is 0. The zero-order chi connectivity index (χ0) is 11.8. The summed E-state index contributed by atoms with van der Waals surface area (Å²) in [6.45, 7) is 4.39. The second-order valence-corrected chi connectivity index (χ2v) is 4.50. The van der Waals surface area contributed by atoms with Gasteiger partial charge in [-0.05, 0) is 25.8 Å². The molecule has 0 aromatic heterocycles. The lowest BCUT2D eigenvalue weighted by Gasteiger charge is -2.28. The maximum atomic E-state index is 11.2. The van der Waals surface area contributed by atoms with Crippen molar-refractivity contribution in [2.45, 2.75) is 25.9 Å². The molecule has 0 aliphatic carbocycles. The van der Waals surface area contributed by atoms with Crippen LogP contribution in [0.4, 0.5) is 0 Å². The Morgan fingerprint density at radius 3 is 2.62 bits per heavy atom. The Morgan fingerprint density at radius 2 is 2.06 bits per heavy atom. The number of aryl methyl sites for hydroxylation is 1. The van der Waals surface area contributed by atoms with Gasteiger partial charge in [-0.1, -0.05) is 29.8 Å². The smallest absolute Gasteiger partial charge is 0.309 e. The SMILES string of the molecule is Cc1ccc(C2(C)OCCC2C(=O)O)cc1. The molecule has 86 valence electrons. The highest BCUT2D eigenvalue weighted by Crippen LogP contribution is 2.40. The number of carbonyl (C=O) groups is 1. The highest BCUT2D eigenvalue weighted by molar-refractivity contribution is 5.72. The molecule has 0 spiro atoms. The number of aliphatic carboxylic acids is 1. The lowest BCUT2D eigenvalue weighted by Crippen LogP contribution is -2.33. The Balaban J connectivity index is 2.37. The monoisotopic (exact) mass is 220 g/mol. The Kier molecular flexibility index (Phi) is 2.72. The molecule has 0 bridgehead atoms. The van der Waals surface area contributed by atoms with Gasteiger partial charge in [-0.2, -0.15) is 0 Å². The quantitative estimate of drug-likeness (QED) is 0.832. The predicted molar refractivity (Wildman–Crippen MR) is 60.2 cm³/mol. The minimum atomic E-state index is -0.777. The number of benzene rings is 1. The predicted octanol–water partition coefficient (Wildman–Crippen LogP) is 2.33.